The van der Waals surface area contributed by atoms with Crippen molar-refractivity contribution in [1.82, 2.24) is 5.32 Å². The van der Waals surface area contributed by atoms with E-state index in [9.17, 15) is 13.2 Å². The quantitative estimate of drug-likeness (QED) is 0.378. The van der Waals surface area contributed by atoms with Gasteiger partial charge in [0.15, 0.2) is 5.17 Å². The number of carbonyl (C=O) groups is 1. The van der Waals surface area contributed by atoms with Gasteiger partial charge >= 0.3 is 10.1 Å². The van der Waals surface area contributed by atoms with Gasteiger partial charge in [0.2, 0.25) is 5.91 Å². The summed E-state index contributed by atoms with van der Waals surface area (Å²) < 4.78 is 30.1. The minimum Gasteiger partial charge on any atom is -0.379 e. The van der Waals surface area contributed by atoms with E-state index >= 15 is 0 Å². The predicted molar refractivity (Wildman–Crippen MR) is 120 cm³/mol. The Morgan fingerprint density at radius 3 is 2.70 bits per heavy atom. The second-order valence-corrected chi connectivity index (χ2v) is 9.55. The fourth-order valence-electron chi connectivity index (χ4n) is 2.71. The molecule has 7 nitrogen and oxygen atoms in total. The van der Waals surface area contributed by atoms with Crippen LogP contribution in [0.5, 0.6) is 5.75 Å². The van der Waals surface area contributed by atoms with Gasteiger partial charge in [-0.3, -0.25) is 4.79 Å². The normalized spacial score (nSPS) is 18.1. The second kappa shape index (κ2) is 9.90. The highest BCUT2D eigenvalue weighted by atomic mass is 32.2. The number of benzene rings is 2. The fourth-order valence-corrected chi connectivity index (χ4v) is 4.60. The van der Waals surface area contributed by atoms with Crippen LogP contribution in [0, 0.1) is 6.92 Å². The first-order chi connectivity index (χ1) is 14.4. The van der Waals surface area contributed by atoms with Crippen LogP contribution in [0.25, 0.3) is 0 Å². The number of nitrogens with one attached hydrogen (secondary N) is 1. The molecule has 1 amide bonds. The Morgan fingerprint density at radius 2 is 1.97 bits per heavy atom. The third-order valence-corrected chi connectivity index (χ3v) is 6.73. The number of rotatable bonds is 8. The summed E-state index contributed by atoms with van der Waals surface area (Å²) in [7, 11) is -3.92. The lowest BCUT2D eigenvalue weighted by atomic mass is 10.2. The molecular weight excluding hydrogens is 422 g/mol. The van der Waals surface area contributed by atoms with Crippen molar-refractivity contribution in [2.75, 3.05) is 0 Å². The van der Waals surface area contributed by atoms with Gasteiger partial charge in [-0.25, -0.2) is 0 Å². The molecule has 3 rings (SSSR count). The number of unbranched alkanes of at least 4 members (excludes halogenated alkanes) is 1. The number of thioether (sulfide) groups is 1. The standard InChI is InChI=1S/C21H23N3O4S2/c1-3-4-8-19-20(25)23-21(29-19)24-22-14-16-6-5-7-17(13-16)28-30(26,27)18-11-9-15(2)10-12-18/h5-7,9-14,19H,3-4,8H2,1-2H3,(H,23,24,25). The molecule has 2 aromatic carbocycles. The highest BCUT2D eigenvalue weighted by Gasteiger charge is 2.29. The zero-order chi connectivity index (χ0) is 21.6. The molecule has 1 atom stereocenters. The van der Waals surface area contributed by atoms with Crippen LogP contribution in [0.3, 0.4) is 0 Å². The van der Waals surface area contributed by atoms with E-state index in [1.807, 2.05) is 6.92 Å². The van der Waals surface area contributed by atoms with E-state index in [1.165, 1.54) is 30.1 Å². The smallest absolute Gasteiger partial charge is 0.339 e. The molecule has 9 heteroatoms. The maximum absolute atomic E-state index is 12.4. The van der Waals surface area contributed by atoms with Crippen molar-refractivity contribution in [3.05, 3.63) is 59.7 Å². The lowest BCUT2D eigenvalue weighted by Gasteiger charge is -2.07. The molecule has 0 aliphatic carbocycles. The molecule has 0 spiro atoms. The van der Waals surface area contributed by atoms with Crippen molar-refractivity contribution in [3.8, 4) is 5.75 Å². The molecule has 1 N–H and O–H groups in total. The van der Waals surface area contributed by atoms with Crippen LogP contribution in [0.1, 0.15) is 37.3 Å². The summed E-state index contributed by atoms with van der Waals surface area (Å²) in [6, 6.07) is 13.0. The molecule has 0 bridgehead atoms. The molecule has 0 aromatic heterocycles. The molecule has 0 saturated carbocycles. The molecule has 1 fully saturated rings. The molecule has 2 aromatic rings. The Hall–Kier alpha value is -2.65. The largest absolute Gasteiger partial charge is 0.379 e. The van der Waals surface area contributed by atoms with Crippen molar-refractivity contribution in [2.24, 2.45) is 10.2 Å². The van der Waals surface area contributed by atoms with Crippen LogP contribution >= 0.6 is 11.8 Å². The highest BCUT2D eigenvalue weighted by Crippen LogP contribution is 2.24. The number of amidine groups is 1. The summed E-state index contributed by atoms with van der Waals surface area (Å²) in [5, 5.41) is 11.1. The highest BCUT2D eigenvalue weighted by molar-refractivity contribution is 8.15. The Morgan fingerprint density at radius 1 is 1.20 bits per heavy atom. The first-order valence-electron chi connectivity index (χ1n) is 9.57. The van der Waals surface area contributed by atoms with Crippen molar-refractivity contribution in [2.45, 2.75) is 43.3 Å². The Labute approximate surface area is 180 Å². The summed E-state index contributed by atoms with van der Waals surface area (Å²) in [5.41, 5.74) is 1.58. The molecule has 1 heterocycles. The van der Waals surface area contributed by atoms with E-state index in [0.29, 0.717) is 10.7 Å². The number of carbonyl (C=O) groups excluding carboxylic acids is 1. The minimum absolute atomic E-state index is 0.0425. The lowest BCUT2D eigenvalue weighted by molar-refractivity contribution is -0.118. The van der Waals surface area contributed by atoms with Gasteiger partial charge in [0, 0.05) is 0 Å². The van der Waals surface area contributed by atoms with E-state index in [1.54, 1.807) is 36.4 Å². The minimum atomic E-state index is -3.92. The zero-order valence-electron chi connectivity index (χ0n) is 16.7. The van der Waals surface area contributed by atoms with Crippen LogP contribution < -0.4 is 9.50 Å². The van der Waals surface area contributed by atoms with Crippen LogP contribution in [-0.2, 0) is 14.9 Å². The van der Waals surface area contributed by atoms with E-state index in [2.05, 4.69) is 22.4 Å². The fraction of sp³-hybridized carbons (Fsp3) is 0.286. The van der Waals surface area contributed by atoms with E-state index in [4.69, 9.17) is 4.18 Å². The first kappa shape index (κ1) is 22.0. The summed E-state index contributed by atoms with van der Waals surface area (Å²) in [6.07, 6.45) is 4.31. The van der Waals surface area contributed by atoms with Gasteiger partial charge < -0.3 is 9.50 Å². The molecular formula is C21H23N3O4S2. The third-order valence-electron chi connectivity index (χ3n) is 4.33. The Kier molecular flexibility index (Phi) is 7.28. The monoisotopic (exact) mass is 445 g/mol. The van der Waals surface area contributed by atoms with Gasteiger partial charge in [-0.15, -0.1) is 5.10 Å². The number of hydrogen-bond acceptors (Lipinski definition) is 7. The third kappa shape index (κ3) is 5.93. The van der Waals surface area contributed by atoms with Gasteiger partial charge in [0.1, 0.15) is 10.6 Å². The summed E-state index contributed by atoms with van der Waals surface area (Å²) in [6.45, 7) is 3.96. The number of amides is 1. The van der Waals surface area contributed by atoms with Crippen molar-refractivity contribution in [1.29, 1.82) is 0 Å². The predicted octanol–water partition coefficient (Wildman–Crippen LogP) is 3.87. The summed E-state index contributed by atoms with van der Waals surface area (Å²) >= 11 is 1.38. The number of aryl methyl sites for hydroxylation is 1. The van der Waals surface area contributed by atoms with Crippen molar-refractivity contribution >= 4 is 39.2 Å². The van der Waals surface area contributed by atoms with Crippen LogP contribution in [0.4, 0.5) is 0 Å². The Bertz CT molecular complexity index is 1060. The lowest BCUT2D eigenvalue weighted by Crippen LogP contribution is -2.24. The van der Waals surface area contributed by atoms with Gasteiger partial charge in [0.25, 0.3) is 0 Å². The molecule has 0 radical (unpaired) electrons. The summed E-state index contributed by atoms with van der Waals surface area (Å²) in [5.74, 6) is 0.134. The molecule has 1 saturated heterocycles. The molecule has 1 unspecified atom stereocenters. The molecule has 158 valence electrons. The van der Waals surface area contributed by atoms with Gasteiger partial charge in [-0.05, 0) is 43.2 Å². The first-order valence-corrected chi connectivity index (χ1v) is 11.9. The zero-order valence-corrected chi connectivity index (χ0v) is 18.4. The second-order valence-electron chi connectivity index (χ2n) is 6.81. The van der Waals surface area contributed by atoms with Gasteiger partial charge in [-0.2, -0.15) is 13.5 Å². The van der Waals surface area contributed by atoms with E-state index < -0.39 is 10.1 Å². The van der Waals surface area contributed by atoms with Crippen LogP contribution in [-0.4, -0.2) is 31.0 Å². The van der Waals surface area contributed by atoms with Gasteiger partial charge in [-0.1, -0.05) is 61.4 Å². The van der Waals surface area contributed by atoms with Gasteiger partial charge in [0.05, 0.1) is 11.5 Å². The Balaban J connectivity index is 1.66. The maximum Gasteiger partial charge on any atom is 0.339 e. The van der Waals surface area contributed by atoms with Crippen molar-refractivity contribution < 1.29 is 17.4 Å². The van der Waals surface area contributed by atoms with Crippen LogP contribution in [0.15, 0.2) is 63.6 Å². The molecule has 30 heavy (non-hydrogen) atoms. The van der Waals surface area contributed by atoms with E-state index in [0.717, 1.165) is 24.8 Å². The number of nitrogens with zero attached hydrogens (tertiary/aromatic N) is 2. The topological polar surface area (TPSA) is 97.2 Å². The average Bonchev–Trinajstić information content (AvgIpc) is 3.06. The SMILES string of the molecule is CCCCC1S/C(=N/N=Cc2cccc(OS(=O)(=O)c3ccc(C)cc3)c2)NC1=O. The van der Waals surface area contributed by atoms with E-state index in [-0.39, 0.29) is 21.8 Å². The van der Waals surface area contributed by atoms with Crippen molar-refractivity contribution in [3.63, 3.8) is 0 Å². The summed E-state index contributed by atoms with van der Waals surface area (Å²) in [4.78, 5) is 12.0. The average molecular weight is 446 g/mol. The number of hydrogen-bond donors (Lipinski definition) is 1. The maximum atomic E-state index is 12.4. The van der Waals surface area contributed by atoms with Crippen LogP contribution in [0.2, 0.25) is 0 Å². The molecule has 1 aliphatic heterocycles. The molecule has 1 aliphatic rings.